The summed E-state index contributed by atoms with van der Waals surface area (Å²) in [6, 6.07) is 49.6. The first-order chi connectivity index (χ1) is 29.6. The van der Waals surface area contributed by atoms with Crippen molar-refractivity contribution in [2.75, 3.05) is 0 Å². The topological polar surface area (TPSA) is 81.9 Å². The number of phenols is 1. The van der Waals surface area contributed by atoms with Crippen LogP contribution >= 0.6 is 0 Å². The predicted octanol–water partition coefficient (Wildman–Crippen LogP) is 14.1. The quantitative estimate of drug-likeness (QED) is 0.174. The van der Waals surface area contributed by atoms with Crippen LogP contribution in [0.4, 0.5) is 0 Å². The third-order valence-electron chi connectivity index (χ3n) is 11.9. The number of imidazole rings is 1. The zero-order valence-electron chi connectivity index (χ0n) is 37.1. The van der Waals surface area contributed by atoms with Gasteiger partial charge in [-0.15, -0.1) is 12.1 Å². The zero-order valence-corrected chi connectivity index (χ0v) is 39.4. The predicted molar refractivity (Wildman–Crippen MR) is 254 cm³/mol. The van der Waals surface area contributed by atoms with E-state index in [0.29, 0.717) is 22.9 Å². The number of oxazole rings is 1. The number of aromatic nitrogens is 5. The number of pyridine rings is 1. The van der Waals surface area contributed by atoms with Gasteiger partial charge >= 0.3 is 0 Å². The van der Waals surface area contributed by atoms with Crippen LogP contribution in [0, 0.1) is 6.07 Å². The van der Waals surface area contributed by atoms with Crippen molar-refractivity contribution in [1.29, 1.82) is 0 Å². The molecule has 8 heteroatoms. The molecule has 6 aromatic carbocycles. The molecule has 0 saturated heterocycles. The first-order valence-electron chi connectivity index (χ1n) is 21.3. The molecule has 0 saturated carbocycles. The molecule has 7 nitrogen and oxygen atoms in total. The molecule has 4 aromatic heterocycles. The van der Waals surface area contributed by atoms with E-state index in [1.165, 1.54) is 0 Å². The molecule has 0 radical (unpaired) electrons. The fraction of sp³-hybridized carbons (Fsp3) is 0.218. The van der Waals surface area contributed by atoms with E-state index < -0.39 is 0 Å². The van der Waals surface area contributed by atoms with E-state index in [9.17, 15) is 5.11 Å². The number of rotatable bonds is 5. The Morgan fingerprint density at radius 2 is 1.29 bits per heavy atom. The largest absolute Gasteiger partial charge is 0.507 e. The second kappa shape index (κ2) is 15.2. The molecule has 0 aliphatic carbocycles. The van der Waals surface area contributed by atoms with Gasteiger partial charge in [0.2, 0.25) is 0 Å². The molecule has 1 N–H and O–H groups in total. The third-order valence-corrected chi connectivity index (χ3v) is 11.9. The average molecular weight is 1010 g/mol. The molecular weight excluding hydrogens is 958 g/mol. The van der Waals surface area contributed by atoms with Gasteiger partial charge in [0.1, 0.15) is 17.2 Å². The molecule has 10 aromatic rings. The number of benzene rings is 6. The number of fused-ring (bicyclic) bond motifs is 5. The van der Waals surface area contributed by atoms with Crippen molar-refractivity contribution in [3.05, 3.63) is 157 Å². The summed E-state index contributed by atoms with van der Waals surface area (Å²) in [5.41, 5.74) is 12.5. The molecule has 0 spiro atoms. The summed E-state index contributed by atoms with van der Waals surface area (Å²) < 4.78 is 10.7. The van der Waals surface area contributed by atoms with Gasteiger partial charge in [0.25, 0.3) is 0 Å². The maximum atomic E-state index is 12.4. The smallest absolute Gasteiger partial charge is 0.185 e. The van der Waals surface area contributed by atoms with Crippen molar-refractivity contribution < 1.29 is 30.6 Å². The minimum Gasteiger partial charge on any atom is -0.507 e. The Labute approximate surface area is 382 Å². The van der Waals surface area contributed by atoms with Crippen molar-refractivity contribution in [3.8, 4) is 50.9 Å². The minimum absolute atomic E-state index is 0. The summed E-state index contributed by atoms with van der Waals surface area (Å²) in [6.07, 6.45) is 0. The third kappa shape index (κ3) is 7.17. The van der Waals surface area contributed by atoms with Gasteiger partial charge in [-0.1, -0.05) is 153 Å². The number of phenolic OH excluding ortho intramolecular Hbond substituents is 1. The van der Waals surface area contributed by atoms with E-state index in [1.807, 2.05) is 18.2 Å². The Kier molecular flexibility index (Phi) is 10.1. The molecule has 0 unspecified atom stereocenters. The van der Waals surface area contributed by atoms with Crippen LogP contribution in [0.1, 0.15) is 79.3 Å². The molecule has 63 heavy (non-hydrogen) atoms. The maximum absolute atomic E-state index is 12.4. The van der Waals surface area contributed by atoms with Crippen LogP contribution in [-0.2, 0) is 37.3 Å². The Morgan fingerprint density at radius 1 is 0.587 bits per heavy atom. The SMILES string of the molecule is CC(C)(C)c1cc(-c2nc3c(-c4ccc5c6ccccc6n(-c6[c-]cc7nc(C(C)(C)C)oc7c6)c5n4)cccc3n2-c2ccccc2-c2ccccc2)c(O)c(C(C)(C)C)c1.[Pt]. The zero-order chi connectivity index (χ0) is 43.3. The molecular formula is C55H50N5O2Pt-. The molecule has 10 rings (SSSR count). The molecule has 0 aliphatic rings. The number of hydrogen-bond donors (Lipinski definition) is 1. The average Bonchev–Trinajstić information content (AvgIpc) is 3.95. The van der Waals surface area contributed by atoms with Gasteiger partial charge in [0.05, 0.1) is 33.5 Å². The summed E-state index contributed by atoms with van der Waals surface area (Å²) in [5, 5.41) is 14.5. The first-order valence-corrected chi connectivity index (χ1v) is 21.3. The van der Waals surface area contributed by atoms with E-state index in [2.05, 4.69) is 193 Å². The monoisotopic (exact) mass is 1010 g/mol. The van der Waals surface area contributed by atoms with Gasteiger partial charge in [0, 0.05) is 59.5 Å². The van der Waals surface area contributed by atoms with Crippen LogP contribution in [-0.4, -0.2) is 29.2 Å². The number of aromatic hydroxyl groups is 1. The van der Waals surface area contributed by atoms with Gasteiger partial charge in [-0.05, 0) is 63.9 Å². The summed E-state index contributed by atoms with van der Waals surface area (Å²) in [6.45, 7) is 19.4. The van der Waals surface area contributed by atoms with E-state index >= 15 is 0 Å². The maximum Gasteiger partial charge on any atom is 0.185 e. The summed E-state index contributed by atoms with van der Waals surface area (Å²) >= 11 is 0. The van der Waals surface area contributed by atoms with Gasteiger partial charge in [-0.3, -0.25) is 9.55 Å². The Hall–Kier alpha value is -6.30. The Bertz CT molecular complexity index is 3370. The molecule has 4 heterocycles. The van der Waals surface area contributed by atoms with Crippen LogP contribution in [0.25, 0.3) is 89.2 Å². The van der Waals surface area contributed by atoms with Crippen LogP contribution in [0.3, 0.4) is 0 Å². The van der Waals surface area contributed by atoms with E-state index in [4.69, 9.17) is 19.4 Å². The number of hydrogen-bond acceptors (Lipinski definition) is 5. The van der Waals surface area contributed by atoms with Crippen molar-refractivity contribution in [2.45, 2.75) is 78.6 Å². The molecule has 318 valence electrons. The van der Waals surface area contributed by atoms with E-state index in [1.54, 1.807) is 0 Å². The van der Waals surface area contributed by atoms with Gasteiger partial charge in [-0.25, -0.2) is 9.97 Å². The normalized spacial score (nSPS) is 12.5. The first kappa shape index (κ1) is 42.0. The van der Waals surface area contributed by atoms with E-state index in [0.717, 1.165) is 83.4 Å². The Morgan fingerprint density at radius 3 is 2.03 bits per heavy atom. The van der Waals surface area contributed by atoms with E-state index in [-0.39, 0.29) is 43.1 Å². The molecule has 0 fully saturated rings. The molecule has 0 atom stereocenters. The van der Waals surface area contributed by atoms with Crippen molar-refractivity contribution in [2.24, 2.45) is 0 Å². The second-order valence-corrected chi connectivity index (χ2v) is 19.5. The van der Waals surface area contributed by atoms with Crippen LogP contribution < -0.4 is 0 Å². The minimum atomic E-state index is -0.327. The summed E-state index contributed by atoms with van der Waals surface area (Å²) in [7, 11) is 0. The van der Waals surface area contributed by atoms with Crippen LogP contribution in [0.15, 0.2) is 138 Å². The summed E-state index contributed by atoms with van der Waals surface area (Å²) in [5.74, 6) is 1.58. The number of nitrogens with zero attached hydrogens (tertiary/aromatic N) is 5. The van der Waals surface area contributed by atoms with Crippen LogP contribution in [0.5, 0.6) is 5.75 Å². The molecule has 0 aliphatic heterocycles. The summed E-state index contributed by atoms with van der Waals surface area (Å²) in [4.78, 5) is 15.8. The molecule has 0 amide bonds. The van der Waals surface area contributed by atoms with Crippen molar-refractivity contribution in [3.63, 3.8) is 0 Å². The van der Waals surface area contributed by atoms with Gasteiger partial charge in [-0.2, -0.15) is 6.07 Å². The standard InChI is InChI=1S/C55H50N5O2.Pt/c1-53(2,3)34-30-40(49(61)41(31-34)54(4,5)6)51-58-48-39(22-17-25-46(48)60(51)44-23-15-13-20-36(44)33-18-11-10-12-19-33)42-29-27-38-37-21-14-16-24-45(37)59(50(38)56-42)35-26-28-43-47(32-35)62-52(57-43)55(7,8)9;/h10-25,27-32,61H,1-9H3;/q-1;. The fourth-order valence-corrected chi connectivity index (χ4v) is 8.61. The van der Waals surface area contributed by atoms with Crippen molar-refractivity contribution in [1.82, 2.24) is 24.1 Å². The number of para-hydroxylation sites is 3. The van der Waals surface area contributed by atoms with Crippen LogP contribution in [0.2, 0.25) is 0 Å². The Balaban J connectivity index is 0.00000504. The second-order valence-electron chi connectivity index (χ2n) is 19.5. The van der Waals surface area contributed by atoms with Gasteiger partial charge < -0.3 is 14.1 Å². The fourth-order valence-electron chi connectivity index (χ4n) is 8.61. The van der Waals surface area contributed by atoms with Gasteiger partial charge in [0.15, 0.2) is 5.89 Å². The molecule has 0 bridgehead atoms. The van der Waals surface area contributed by atoms with Crippen molar-refractivity contribution >= 4 is 44.1 Å².